The molecule has 1 aromatic carbocycles. The highest BCUT2D eigenvalue weighted by molar-refractivity contribution is 6.47. The Balaban J connectivity index is 2.67. The number of unbranched alkanes of at least 4 members (excludes halogenated alkanes) is 1. The summed E-state index contributed by atoms with van der Waals surface area (Å²) in [6.07, 6.45) is 3.19. The number of carbonyl (C=O) groups excluding carboxylic acids is 3. The van der Waals surface area contributed by atoms with Gasteiger partial charge in [0.25, 0.3) is 0 Å². The smallest absolute Gasteiger partial charge is 0.232 e. The Bertz CT molecular complexity index is 409. The summed E-state index contributed by atoms with van der Waals surface area (Å²) in [6, 6.07) is 5.78. The Labute approximate surface area is 92.9 Å². The Kier molecular flexibility index (Phi) is 4.39. The van der Waals surface area contributed by atoms with Crippen LogP contribution in [0.3, 0.4) is 0 Å². The van der Waals surface area contributed by atoms with Gasteiger partial charge in [-0.25, -0.2) is 0 Å². The van der Waals surface area contributed by atoms with Crippen molar-refractivity contribution in [3.05, 3.63) is 36.2 Å². The minimum atomic E-state index is -0.830. The first-order valence-corrected chi connectivity index (χ1v) is 4.71. The maximum atomic E-state index is 11.5. The molecule has 0 fully saturated rings. The molecule has 0 saturated heterocycles. The predicted octanol–water partition coefficient (Wildman–Crippen LogP) is 1.20. The number of hydrogen-bond donors (Lipinski definition) is 1. The van der Waals surface area contributed by atoms with Crippen LogP contribution < -0.4 is 0 Å². The zero-order chi connectivity index (χ0) is 12.0. The Morgan fingerprint density at radius 3 is 2.62 bits per heavy atom. The van der Waals surface area contributed by atoms with Crippen LogP contribution in [-0.2, 0) is 9.59 Å². The standard InChI is InChI=1S/C12H10O4/c13-8-4-3-7-11(15)12(16)9-5-1-2-6-10(9)14/h1-2,5-6,8,14H,3-4H2. The molecule has 0 atom stereocenters. The maximum Gasteiger partial charge on any atom is 0.232 e. The highest BCUT2D eigenvalue weighted by atomic mass is 16.3. The summed E-state index contributed by atoms with van der Waals surface area (Å²) < 4.78 is 0. The van der Waals surface area contributed by atoms with E-state index >= 15 is 0 Å². The second kappa shape index (κ2) is 5.80. The molecular weight excluding hydrogens is 208 g/mol. The third-order valence-corrected chi connectivity index (χ3v) is 1.90. The van der Waals surface area contributed by atoms with E-state index in [9.17, 15) is 19.5 Å². The quantitative estimate of drug-likeness (QED) is 0.337. The van der Waals surface area contributed by atoms with Crippen molar-refractivity contribution in [1.82, 2.24) is 0 Å². The normalized spacial score (nSPS) is 9.75. The number of aldehydes is 1. The number of phenolic OH excluding ortho intramolecular Hbond substituents is 1. The van der Waals surface area contributed by atoms with Crippen molar-refractivity contribution < 1.29 is 19.5 Å². The van der Waals surface area contributed by atoms with Gasteiger partial charge in [-0.15, -0.1) is 0 Å². The van der Waals surface area contributed by atoms with Gasteiger partial charge in [0.2, 0.25) is 11.6 Å². The SMILES string of the molecule is O=CCC[C]C(=O)C(=O)c1ccccc1O. The Hall–Kier alpha value is -1.97. The van der Waals surface area contributed by atoms with Crippen LogP contribution in [0.15, 0.2) is 24.3 Å². The van der Waals surface area contributed by atoms with E-state index in [1.54, 1.807) is 12.1 Å². The molecule has 1 N–H and O–H groups in total. The van der Waals surface area contributed by atoms with Crippen LogP contribution in [0.1, 0.15) is 23.2 Å². The van der Waals surface area contributed by atoms with Crippen LogP contribution in [0.2, 0.25) is 0 Å². The van der Waals surface area contributed by atoms with E-state index in [4.69, 9.17) is 0 Å². The van der Waals surface area contributed by atoms with E-state index < -0.39 is 11.6 Å². The fourth-order valence-electron chi connectivity index (χ4n) is 1.11. The molecule has 0 saturated carbocycles. The van der Waals surface area contributed by atoms with Gasteiger partial charge >= 0.3 is 0 Å². The fraction of sp³-hybridized carbons (Fsp3) is 0.167. The number of rotatable bonds is 6. The lowest BCUT2D eigenvalue weighted by atomic mass is 10.0. The molecule has 0 aliphatic carbocycles. The molecule has 0 amide bonds. The van der Waals surface area contributed by atoms with Crippen molar-refractivity contribution in [2.75, 3.05) is 0 Å². The fourth-order valence-corrected chi connectivity index (χ4v) is 1.11. The van der Waals surface area contributed by atoms with Gasteiger partial charge in [0.15, 0.2) is 0 Å². The first-order valence-electron chi connectivity index (χ1n) is 4.71. The van der Waals surface area contributed by atoms with Crippen molar-refractivity contribution in [1.29, 1.82) is 0 Å². The van der Waals surface area contributed by atoms with E-state index in [0.29, 0.717) is 6.29 Å². The van der Waals surface area contributed by atoms with Gasteiger partial charge in [-0.05, 0) is 18.6 Å². The highest BCUT2D eigenvalue weighted by Gasteiger charge is 2.18. The first-order chi connectivity index (χ1) is 7.66. The average Bonchev–Trinajstić information content (AvgIpc) is 2.29. The molecular formula is C12H10O4. The van der Waals surface area contributed by atoms with Crippen LogP contribution >= 0.6 is 0 Å². The molecule has 82 valence electrons. The van der Waals surface area contributed by atoms with Crippen LogP contribution in [0.5, 0.6) is 5.75 Å². The first kappa shape index (κ1) is 12.1. The molecule has 16 heavy (non-hydrogen) atoms. The number of aromatic hydroxyl groups is 1. The number of benzene rings is 1. The monoisotopic (exact) mass is 218 g/mol. The van der Waals surface area contributed by atoms with Crippen LogP contribution in [-0.4, -0.2) is 23.0 Å². The predicted molar refractivity (Wildman–Crippen MR) is 56.0 cm³/mol. The van der Waals surface area contributed by atoms with Gasteiger partial charge in [-0.3, -0.25) is 9.59 Å². The minimum Gasteiger partial charge on any atom is -0.507 e. The van der Waals surface area contributed by atoms with Gasteiger partial charge in [0.05, 0.1) is 12.0 Å². The number of Topliss-reactive ketones (excluding diaryl/α,β-unsaturated/α-hetero) is 2. The summed E-state index contributed by atoms with van der Waals surface area (Å²) in [5.41, 5.74) is -0.0499. The third kappa shape index (κ3) is 3.02. The van der Waals surface area contributed by atoms with E-state index in [2.05, 4.69) is 6.42 Å². The van der Waals surface area contributed by atoms with Crippen molar-refractivity contribution in [2.24, 2.45) is 0 Å². The molecule has 0 aliphatic rings. The molecule has 0 spiro atoms. The lowest BCUT2D eigenvalue weighted by Crippen LogP contribution is -2.14. The molecule has 0 unspecified atom stereocenters. The number of phenols is 1. The van der Waals surface area contributed by atoms with E-state index in [1.807, 2.05) is 0 Å². The molecule has 1 rings (SSSR count). The second-order valence-corrected chi connectivity index (χ2v) is 3.06. The summed E-state index contributed by atoms with van der Waals surface area (Å²) in [5, 5.41) is 9.34. The van der Waals surface area contributed by atoms with Crippen LogP contribution in [0.25, 0.3) is 0 Å². The van der Waals surface area contributed by atoms with Crippen molar-refractivity contribution in [3.63, 3.8) is 0 Å². The number of hydrogen-bond acceptors (Lipinski definition) is 4. The van der Waals surface area contributed by atoms with Gasteiger partial charge in [0.1, 0.15) is 12.0 Å². The maximum absolute atomic E-state index is 11.5. The number of ketones is 2. The van der Waals surface area contributed by atoms with Crippen molar-refractivity contribution in [3.8, 4) is 5.75 Å². The molecule has 0 aromatic heterocycles. The highest BCUT2D eigenvalue weighted by Crippen LogP contribution is 2.17. The Morgan fingerprint density at radius 1 is 1.31 bits per heavy atom. The molecule has 0 bridgehead atoms. The zero-order valence-corrected chi connectivity index (χ0v) is 8.47. The second-order valence-electron chi connectivity index (χ2n) is 3.06. The largest absolute Gasteiger partial charge is 0.507 e. The van der Waals surface area contributed by atoms with Crippen LogP contribution in [0, 0.1) is 6.42 Å². The molecule has 4 nitrogen and oxygen atoms in total. The lowest BCUT2D eigenvalue weighted by Gasteiger charge is -2.01. The Morgan fingerprint density at radius 2 is 2.00 bits per heavy atom. The van der Waals surface area contributed by atoms with Gasteiger partial charge in [-0.1, -0.05) is 12.1 Å². The molecule has 0 heterocycles. The molecule has 0 aliphatic heterocycles. The molecule has 1 aromatic rings. The van der Waals surface area contributed by atoms with Crippen molar-refractivity contribution in [2.45, 2.75) is 12.8 Å². The summed E-state index contributed by atoms with van der Waals surface area (Å²) in [5.74, 6) is -1.88. The topological polar surface area (TPSA) is 71.4 Å². The number of para-hydroxylation sites is 1. The van der Waals surface area contributed by atoms with E-state index in [1.165, 1.54) is 12.1 Å². The summed E-state index contributed by atoms with van der Waals surface area (Å²) in [4.78, 5) is 32.8. The zero-order valence-electron chi connectivity index (χ0n) is 8.47. The summed E-state index contributed by atoms with van der Waals surface area (Å²) >= 11 is 0. The minimum absolute atomic E-state index is 0.0499. The number of carbonyl (C=O) groups is 3. The van der Waals surface area contributed by atoms with Crippen molar-refractivity contribution >= 4 is 17.9 Å². The van der Waals surface area contributed by atoms with E-state index in [-0.39, 0.29) is 24.2 Å². The molecule has 4 heteroatoms. The third-order valence-electron chi connectivity index (χ3n) is 1.90. The average molecular weight is 218 g/mol. The molecule has 2 radical (unpaired) electrons. The van der Waals surface area contributed by atoms with Gasteiger partial charge < -0.3 is 9.90 Å². The van der Waals surface area contributed by atoms with Gasteiger partial charge in [-0.2, -0.15) is 0 Å². The van der Waals surface area contributed by atoms with Crippen LogP contribution in [0.4, 0.5) is 0 Å². The lowest BCUT2D eigenvalue weighted by molar-refractivity contribution is -0.112. The van der Waals surface area contributed by atoms with Gasteiger partial charge in [0, 0.05) is 6.42 Å². The van der Waals surface area contributed by atoms with E-state index in [0.717, 1.165) is 0 Å². The summed E-state index contributed by atoms with van der Waals surface area (Å²) in [6.45, 7) is 0. The summed E-state index contributed by atoms with van der Waals surface area (Å²) in [7, 11) is 0.